The van der Waals surface area contributed by atoms with Crippen LogP contribution in [0.5, 0.6) is 0 Å². The molecule has 1 aliphatic heterocycles. The fraction of sp³-hybridized carbons (Fsp3) is 0.636. The van der Waals surface area contributed by atoms with Gasteiger partial charge < -0.3 is 10.0 Å². The van der Waals surface area contributed by atoms with Crippen LogP contribution in [0.1, 0.15) is 18.5 Å². The van der Waals surface area contributed by atoms with Gasteiger partial charge in [-0.2, -0.15) is 0 Å². The molecular formula is C11H17N3O. The molecule has 0 aliphatic carbocycles. The Kier molecular flexibility index (Phi) is 3.16. The van der Waals surface area contributed by atoms with Gasteiger partial charge in [-0.15, -0.1) is 0 Å². The van der Waals surface area contributed by atoms with Crippen molar-refractivity contribution in [1.29, 1.82) is 0 Å². The minimum atomic E-state index is 0.274. The number of aromatic nitrogens is 2. The first kappa shape index (κ1) is 10.4. The second-order valence-electron chi connectivity index (χ2n) is 4.10. The third-order valence-corrected chi connectivity index (χ3v) is 2.93. The van der Waals surface area contributed by atoms with E-state index in [1.807, 2.05) is 6.92 Å². The number of aryl methyl sites for hydroxylation is 1. The van der Waals surface area contributed by atoms with Crippen molar-refractivity contribution in [3.63, 3.8) is 0 Å². The lowest BCUT2D eigenvalue weighted by Gasteiger charge is -2.33. The highest BCUT2D eigenvalue weighted by Crippen LogP contribution is 2.22. The Morgan fingerprint density at radius 3 is 3.00 bits per heavy atom. The molecule has 0 amide bonds. The van der Waals surface area contributed by atoms with Crippen LogP contribution >= 0.6 is 0 Å². The van der Waals surface area contributed by atoms with Gasteiger partial charge in [-0.1, -0.05) is 0 Å². The van der Waals surface area contributed by atoms with Gasteiger partial charge in [-0.05, 0) is 25.7 Å². The van der Waals surface area contributed by atoms with E-state index in [9.17, 15) is 0 Å². The van der Waals surface area contributed by atoms with Crippen LogP contribution in [0, 0.1) is 12.8 Å². The summed E-state index contributed by atoms with van der Waals surface area (Å²) in [6, 6.07) is 0. The molecular weight excluding hydrogens is 190 g/mol. The summed E-state index contributed by atoms with van der Waals surface area (Å²) in [5.74, 6) is 1.36. The van der Waals surface area contributed by atoms with Gasteiger partial charge >= 0.3 is 0 Å². The first-order chi connectivity index (χ1) is 7.31. The van der Waals surface area contributed by atoms with Gasteiger partial charge in [0.25, 0.3) is 0 Å². The molecule has 0 spiro atoms. The van der Waals surface area contributed by atoms with Crippen molar-refractivity contribution in [2.24, 2.45) is 5.92 Å². The predicted octanol–water partition coefficient (Wildman–Crippen LogP) is 0.994. The molecule has 1 saturated heterocycles. The minimum Gasteiger partial charge on any atom is -0.396 e. The number of hydrogen-bond acceptors (Lipinski definition) is 4. The summed E-state index contributed by atoms with van der Waals surface area (Å²) in [4.78, 5) is 10.8. The molecule has 2 rings (SSSR count). The third kappa shape index (κ3) is 2.26. The molecule has 1 aromatic rings. The summed E-state index contributed by atoms with van der Waals surface area (Å²) in [6.45, 7) is 4.17. The topological polar surface area (TPSA) is 49.2 Å². The summed E-state index contributed by atoms with van der Waals surface area (Å²) < 4.78 is 0. The number of anilines is 1. The smallest absolute Gasteiger partial charge is 0.150 e. The van der Waals surface area contributed by atoms with Gasteiger partial charge in [-0.25, -0.2) is 4.98 Å². The van der Waals surface area contributed by atoms with Gasteiger partial charge in [0.05, 0.1) is 5.69 Å². The fourth-order valence-corrected chi connectivity index (χ4v) is 2.12. The van der Waals surface area contributed by atoms with Crippen molar-refractivity contribution >= 4 is 5.82 Å². The summed E-state index contributed by atoms with van der Waals surface area (Å²) in [7, 11) is 0. The number of rotatable bonds is 2. The second kappa shape index (κ2) is 4.57. The molecule has 4 heteroatoms. The van der Waals surface area contributed by atoms with Gasteiger partial charge in [0.15, 0.2) is 0 Å². The Balaban J connectivity index is 2.13. The van der Waals surface area contributed by atoms with Crippen molar-refractivity contribution in [3.05, 3.63) is 18.1 Å². The van der Waals surface area contributed by atoms with E-state index in [-0.39, 0.29) is 6.61 Å². The molecule has 0 saturated carbocycles. The lowest BCUT2D eigenvalue weighted by molar-refractivity contribution is 0.208. The van der Waals surface area contributed by atoms with Crippen LogP contribution in [0.4, 0.5) is 5.82 Å². The van der Waals surface area contributed by atoms with E-state index >= 15 is 0 Å². The van der Waals surface area contributed by atoms with Gasteiger partial charge in [-0.3, -0.25) is 4.98 Å². The third-order valence-electron chi connectivity index (χ3n) is 2.93. The Morgan fingerprint density at radius 2 is 2.27 bits per heavy atom. The van der Waals surface area contributed by atoms with Gasteiger partial charge in [0.2, 0.25) is 0 Å². The van der Waals surface area contributed by atoms with Crippen LogP contribution in [0.2, 0.25) is 0 Å². The molecule has 2 heterocycles. The molecule has 82 valence electrons. The Labute approximate surface area is 90.0 Å². The zero-order chi connectivity index (χ0) is 10.7. The maximum atomic E-state index is 9.16. The SMILES string of the molecule is Cc1nccnc1N1CCCC(CO)C1. The van der Waals surface area contributed by atoms with Gasteiger partial charge in [0, 0.05) is 32.1 Å². The van der Waals surface area contributed by atoms with E-state index in [1.54, 1.807) is 12.4 Å². The Bertz CT molecular complexity index is 329. The minimum absolute atomic E-state index is 0.274. The van der Waals surface area contributed by atoms with Crippen LogP contribution in [-0.2, 0) is 0 Å². The average molecular weight is 207 g/mol. The standard InChI is InChI=1S/C11H17N3O/c1-9-11(13-5-4-12-9)14-6-2-3-10(7-14)8-15/h4-5,10,15H,2-3,6-8H2,1H3. The number of aliphatic hydroxyl groups is 1. The van der Waals surface area contributed by atoms with E-state index < -0.39 is 0 Å². The zero-order valence-electron chi connectivity index (χ0n) is 9.06. The van der Waals surface area contributed by atoms with Crippen LogP contribution < -0.4 is 4.90 Å². The first-order valence-corrected chi connectivity index (χ1v) is 5.44. The largest absolute Gasteiger partial charge is 0.396 e. The van der Waals surface area contributed by atoms with E-state index in [0.29, 0.717) is 5.92 Å². The molecule has 4 nitrogen and oxygen atoms in total. The predicted molar refractivity (Wildman–Crippen MR) is 58.8 cm³/mol. The van der Waals surface area contributed by atoms with E-state index in [2.05, 4.69) is 14.9 Å². The van der Waals surface area contributed by atoms with Crippen LogP contribution in [-0.4, -0.2) is 34.8 Å². The van der Waals surface area contributed by atoms with E-state index in [1.165, 1.54) is 0 Å². The first-order valence-electron chi connectivity index (χ1n) is 5.44. The fourth-order valence-electron chi connectivity index (χ4n) is 2.12. The maximum absolute atomic E-state index is 9.16. The number of nitrogens with zero attached hydrogens (tertiary/aromatic N) is 3. The summed E-state index contributed by atoms with van der Waals surface area (Å²) in [5, 5.41) is 9.16. The van der Waals surface area contributed by atoms with Crippen molar-refractivity contribution in [2.75, 3.05) is 24.6 Å². The lowest BCUT2D eigenvalue weighted by atomic mass is 9.99. The molecule has 1 atom stereocenters. The van der Waals surface area contributed by atoms with Crippen molar-refractivity contribution in [2.45, 2.75) is 19.8 Å². The summed E-state index contributed by atoms with van der Waals surface area (Å²) in [5.41, 5.74) is 0.969. The second-order valence-corrected chi connectivity index (χ2v) is 4.10. The number of hydrogen-bond donors (Lipinski definition) is 1. The number of piperidine rings is 1. The molecule has 1 N–H and O–H groups in total. The normalized spacial score (nSPS) is 21.7. The molecule has 0 radical (unpaired) electrons. The molecule has 15 heavy (non-hydrogen) atoms. The quantitative estimate of drug-likeness (QED) is 0.785. The molecule has 1 unspecified atom stereocenters. The van der Waals surface area contributed by atoms with E-state index in [0.717, 1.165) is 37.4 Å². The molecule has 1 aliphatic rings. The van der Waals surface area contributed by atoms with Crippen LogP contribution in [0.15, 0.2) is 12.4 Å². The molecule has 1 aromatic heterocycles. The van der Waals surface area contributed by atoms with Gasteiger partial charge in [0.1, 0.15) is 5.82 Å². The van der Waals surface area contributed by atoms with Crippen LogP contribution in [0.3, 0.4) is 0 Å². The summed E-state index contributed by atoms with van der Waals surface area (Å²) >= 11 is 0. The van der Waals surface area contributed by atoms with Crippen LogP contribution in [0.25, 0.3) is 0 Å². The van der Waals surface area contributed by atoms with Crippen molar-refractivity contribution in [3.8, 4) is 0 Å². The van der Waals surface area contributed by atoms with E-state index in [4.69, 9.17) is 5.11 Å². The molecule has 0 bridgehead atoms. The maximum Gasteiger partial charge on any atom is 0.150 e. The molecule has 1 fully saturated rings. The Hall–Kier alpha value is -1.16. The van der Waals surface area contributed by atoms with Crippen molar-refractivity contribution < 1.29 is 5.11 Å². The summed E-state index contributed by atoms with van der Waals surface area (Å²) in [6.07, 6.45) is 5.69. The molecule has 0 aromatic carbocycles. The lowest BCUT2D eigenvalue weighted by Crippen LogP contribution is -2.37. The zero-order valence-corrected chi connectivity index (χ0v) is 9.06. The highest BCUT2D eigenvalue weighted by Gasteiger charge is 2.21. The Morgan fingerprint density at radius 1 is 1.47 bits per heavy atom. The number of aliphatic hydroxyl groups excluding tert-OH is 1. The van der Waals surface area contributed by atoms with Crippen molar-refractivity contribution in [1.82, 2.24) is 9.97 Å². The monoisotopic (exact) mass is 207 g/mol. The average Bonchev–Trinajstić information content (AvgIpc) is 2.30. The highest BCUT2D eigenvalue weighted by molar-refractivity contribution is 5.42. The highest BCUT2D eigenvalue weighted by atomic mass is 16.3.